The first kappa shape index (κ1) is 16.0. The van der Waals surface area contributed by atoms with Crippen molar-refractivity contribution in [2.24, 2.45) is 0 Å². The van der Waals surface area contributed by atoms with E-state index in [0.29, 0.717) is 0 Å². The Labute approximate surface area is 132 Å². The van der Waals surface area contributed by atoms with Crippen LogP contribution in [0, 0.1) is 13.8 Å². The maximum absolute atomic E-state index is 4.56. The summed E-state index contributed by atoms with van der Waals surface area (Å²) in [5.74, 6) is 0. The van der Waals surface area contributed by atoms with Crippen LogP contribution in [0.4, 0.5) is 10.8 Å². The summed E-state index contributed by atoms with van der Waals surface area (Å²) in [5, 5.41) is 4.54. The SMILES string of the molecule is Cc1ccc(N(C)c2ncc(CNC(C)(C)C)s2)c(C)c1. The molecule has 0 fully saturated rings. The monoisotopic (exact) mass is 303 g/mol. The molecule has 0 saturated carbocycles. The van der Waals surface area contributed by atoms with E-state index in [1.54, 1.807) is 11.3 Å². The van der Waals surface area contributed by atoms with E-state index >= 15 is 0 Å². The summed E-state index contributed by atoms with van der Waals surface area (Å²) < 4.78 is 0. The van der Waals surface area contributed by atoms with Gasteiger partial charge < -0.3 is 10.2 Å². The number of hydrogen-bond donors (Lipinski definition) is 1. The minimum absolute atomic E-state index is 0.129. The summed E-state index contributed by atoms with van der Waals surface area (Å²) >= 11 is 1.74. The molecule has 0 unspecified atom stereocenters. The Balaban J connectivity index is 2.13. The van der Waals surface area contributed by atoms with Crippen molar-refractivity contribution in [3.63, 3.8) is 0 Å². The number of aryl methyl sites for hydroxylation is 2. The van der Waals surface area contributed by atoms with Gasteiger partial charge in [0.05, 0.1) is 0 Å². The van der Waals surface area contributed by atoms with E-state index in [4.69, 9.17) is 0 Å². The molecule has 0 spiro atoms. The molecule has 3 nitrogen and oxygen atoms in total. The minimum atomic E-state index is 0.129. The summed E-state index contributed by atoms with van der Waals surface area (Å²) in [6.07, 6.45) is 1.97. The van der Waals surface area contributed by atoms with E-state index < -0.39 is 0 Å². The lowest BCUT2D eigenvalue weighted by Gasteiger charge is -2.20. The zero-order valence-electron chi connectivity index (χ0n) is 13.8. The number of thiazole rings is 1. The summed E-state index contributed by atoms with van der Waals surface area (Å²) in [7, 11) is 2.08. The van der Waals surface area contributed by atoms with Gasteiger partial charge in [-0.3, -0.25) is 0 Å². The fourth-order valence-corrected chi connectivity index (χ4v) is 3.00. The Bertz CT molecular complexity index is 611. The van der Waals surface area contributed by atoms with Gasteiger partial charge in [0.1, 0.15) is 0 Å². The highest BCUT2D eigenvalue weighted by atomic mass is 32.1. The van der Waals surface area contributed by atoms with Crippen molar-refractivity contribution in [3.8, 4) is 0 Å². The molecule has 0 atom stereocenters. The topological polar surface area (TPSA) is 28.2 Å². The molecule has 21 heavy (non-hydrogen) atoms. The van der Waals surface area contributed by atoms with Gasteiger partial charge in [-0.1, -0.05) is 17.7 Å². The molecule has 114 valence electrons. The van der Waals surface area contributed by atoms with Crippen molar-refractivity contribution in [2.45, 2.75) is 46.7 Å². The molecular weight excluding hydrogens is 278 g/mol. The molecule has 0 aliphatic carbocycles. The third-order valence-electron chi connectivity index (χ3n) is 3.33. The van der Waals surface area contributed by atoms with Crippen LogP contribution < -0.4 is 10.2 Å². The summed E-state index contributed by atoms with van der Waals surface area (Å²) in [6.45, 7) is 11.7. The van der Waals surface area contributed by atoms with E-state index in [0.717, 1.165) is 11.7 Å². The predicted octanol–water partition coefficient (Wildman–Crippen LogP) is 4.42. The van der Waals surface area contributed by atoms with Crippen molar-refractivity contribution in [1.29, 1.82) is 0 Å². The van der Waals surface area contributed by atoms with E-state index in [1.807, 2.05) is 6.20 Å². The molecule has 1 aromatic heterocycles. The van der Waals surface area contributed by atoms with Crippen molar-refractivity contribution in [3.05, 3.63) is 40.4 Å². The van der Waals surface area contributed by atoms with Crippen molar-refractivity contribution >= 4 is 22.2 Å². The molecule has 4 heteroatoms. The van der Waals surface area contributed by atoms with Gasteiger partial charge in [-0.2, -0.15) is 0 Å². The third-order valence-corrected chi connectivity index (χ3v) is 4.41. The molecule has 2 aromatic rings. The summed E-state index contributed by atoms with van der Waals surface area (Å²) in [5.41, 5.74) is 3.91. The maximum Gasteiger partial charge on any atom is 0.189 e. The summed E-state index contributed by atoms with van der Waals surface area (Å²) in [4.78, 5) is 7.99. The lowest BCUT2D eigenvalue weighted by atomic mass is 10.1. The molecule has 0 radical (unpaired) electrons. The van der Waals surface area contributed by atoms with Gasteiger partial charge >= 0.3 is 0 Å². The van der Waals surface area contributed by atoms with Gasteiger partial charge in [-0.15, -0.1) is 11.3 Å². The third kappa shape index (κ3) is 4.29. The van der Waals surface area contributed by atoms with Gasteiger partial charge in [0, 0.05) is 35.9 Å². The van der Waals surface area contributed by atoms with Gasteiger partial charge in [0.2, 0.25) is 0 Å². The molecule has 2 rings (SSSR count). The number of aromatic nitrogens is 1. The first-order chi connectivity index (χ1) is 9.76. The molecule has 1 heterocycles. The Hall–Kier alpha value is -1.39. The second kappa shape index (κ2) is 6.16. The van der Waals surface area contributed by atoms with Crippen LogP contribution in [-0.2, 0) is 6.54 Å². The van der Waals surface area contributed by atoms with Crippen LogP contribution in [-0.4, -0.2) is 17.6 Å². The Morgan fingerprint density at radius 2 is 1.95 bits per heavy atom. The molecule has 1 N–H and O–H groups in total. The van der Waals surface area contributed by atoms with Crippen molar-refractivity contribution in [2.75, 3.05) is 11.9 Å². The fourth-order valence-electron chi connectivity index (χ4n) is 2.17. The number of nitrogens with one attached hydrogen (secondary N) is 1. The number of anilines is 2. The largest absolute Gasteiger partial charge is 0.321 e. The molecule has 0 saturated heterocycles. The van der Waals surface area contributed by atoms with Crippen LogP contribution in [0.3, 0.4) is 0 Å². The van der Waals surface area contributed by atoms with E-state index in [2.05, 4.69) is 75.1 Å². The first-order valence-corrected chi connectivity index (χ1v) is 8.08. The Morgan fingerprint density at radius 3 is 2.57 bits per heavy atom. The minimum Gasteiger partial charge on any atom is -0.321 e. The standard InChI is InChI=1S/C17H25N3S/c1-12-7-8-15(13(2)9-12)20(6)16-18-10-14(21-16)11-19-17(3,4)5/h7-10,19H,11H2,1-6H3. The van der Waals surface area contributed by atoms with Gasteiger partial charge in [-0.05, 0) is 46.2 Å². The number of nitrogens with zero attached hydrogens (tertiary/aromatic N) is 2. The highest BCUT2D eigenvalue weighted by Gasteiger charge is 2.13. The van der Waals surface area contributed by atoms with E-state index in [1.165, 1.54) is 21.7 Å². The predicted molar refractivity (Wildman–Crippen MR) is 92.7 cm³/mol. The zero-order chi connectivity index (χ0) is 15.6. The van der Waals surface area contributed by atoms with Crippen LogP contribution in [0.2, 0.25) is 0 Å². The van der Waals surface area contributed by atoms with Gasteiger partial charge in [0.15, 0.2) is 5.13 Å². The number of hydrogen-bond acceptors (Lipinski definition) is 4. The molecule has 0 bridgehead atoms. The average Bonchev–Trinajstić information content (AvgIpc) is 2.83. The second-order valence-electron chi connectivity index (χ2n) is 6.56. The smallest absolute Gasteiger partial charge is 0.189 e. The molecule has 0 amide bonds. The van der Waals surface area contributed by atoms with Crippen LogP contribution >= 0.6 is 11.3 Å². The molecule has 0 aliphatic rings. The van der Waals surface area contributed by atoms with Crippen LogP contribution in [0.25, 0.3) is 0 Å². The van der Waals surface area contributed by atoms with Crippen LogP contribution in [0.15, 0.2) is 24.4 Å². The Morgan fingerprint density at radius 1 is 1.24 bits per heavy atom. The first-order valence-electron chi connectivity index (χ1n) is 7.27. The van der Waals surface area contributed by atoms with E-state index in [9.17, 15) is 0 Å². The van der Waals surface area contributed by atoms with Crippen LogP contribution in [0.5, 0.6) is 0 Å². The normalized spacial score (nSPS) is 11.7. The average molecular weight is 303 g/mol. The molecule has 0 aliphatic heterocycles. The molecule has 1 aromatic carbocycles. The lowest BCUT2D eigenvalue weighted by molar-refractivity contribution is 0.426. The zero-order valence-corrected chi connectivity index (χ0v) is 14.6. The van der Waals surface area contributed by atoms with E-state index in [-0.39, 0.29) is 5.54 Å². The van der Waals surface area contributed by atoms with Gasteiger partial charge in [-0.25, -0.2) is 4.98 Å². The highest BCUT2D eigenvalue weighted by Crippen LogP contribution is 2.30. The van der Waals surface area contributed by atoms with Crippen molar-refractivity contribution < 1.29 is 0 Å². The quantitative estimate of drug-likeness (QED) is 0.906. The Kier molecular flexibility index (Phi) is 4.69. The highest BCUT2D eigenvalue weighted by molar-refractivity contribution is 7.15. The van der Waals surface area contributed by atoms with Crippen LogP contribution in [0.1, 0.15) is 36.8 Å². The lowest BCUT2D eigenvalue weighted by Crippen LogP contribution is -2.34. The summed E-state index contributed by atoms with van der Waals surface area (Å²) in [6, 6.07) is 6.52. The number of rotatable bonds is 4. The molecular formula is C17H25N3S. The van der Waals surface area contributed by atoms with Crippen molar-refractivity contribution in [1.82, 2.24) is 10.3 Å². The van der Waals surface area contributed by atoms with Gasteiger partial charge in [0.25, 0.3) is 0 Å². The number of benzene rings is 1. The maximum atomic E-state index is 4.56. The second-order valence-corrected chi connectivity index (χ2v) is 7.66. The fraction of sp³-hybridized carbons (Fsp3) is 0.471.